The molecule has 200 valence electrons. The number of likely N-dealkylation sites (N-methyl/N-ethyl adjacent to an activating group) is 1. The molecule has 5 rings (SSSR count). The van der Waals surface area contributed by atoms with Crippen molar-refractivity contribution in [2.75, 3.05) is 69.9 Å². The highest BCUT2D eigenvalue weighted by Gasteiger charge is 2.18. The number of hydrogen-bond donors (Lipinski definition) is 1. The molecule has 9 nitrogen and oxygen atoms in total. The molecule has 0 unspecified atom stereocenters. The molecule has 2 saturated heterocycles. The first-order chi connectivity index (χ1) is 18.5. The highest BCUT2D eigenvalue weighted by atomic mass is 35.5. The van der Waals surface area contributed by atoms with Gasteiger partial charge < -0.3 is 14.5 Å². The number of pyridine rings is 1. The molecule has 0 radical (unpaired) electrons. The smallest absolute Gasteiger partial charge is 0.245 e. The Kier molecular flexibility index (Phi) is 8.43. The first-order valence-electron chi connectivity index (χ1n) is 12.8. The van der Waals surface area contributed by atoms with E-state index in [0.29, 0.717) is 32.0 Å². The molecule has 0 aliphatic carbocycles. The molecule has 11 heteroatoms. The number of morpholine rings is 1. The van der Waals surface area contributed by atoms with E-state index in [-0.39, 0.29) is 11.8 Å². The molecule has 2 aliphatic heterocycles. The van der Waals surface area contributed by atoms with Crippen LogP contribution in [0.4, 0.5) is 16.2 Å². The van der Waals surface area contributed by atoms with Crippen LogP contribution in [0.2, 0.25) is 5.02 Å². The second-order valence-electron chi connectivity index (χ2n) is 9.65. The zero-order valence-corrected chi connectivity index (χ0v) is 22.5. The van der Waals surface area contributed by atoms with Crippen molar-refractivity contribution in [3.8, 4) is 11.1 Å². The van der Waals surface area contributed by atoms with Gasteiger partial charge in [0, 0.05) is 62.6 Å². The minimum Gasteiger partial charge on any atom is -0.378 e. The molecular formula is C27H32ClFN8O. The van der Waals surface area contributed by atoms with Crippen molar-refractivity contribution in [2.24, 2.45) is 5.10 Å². The summed E-state index contributed by atoms with van der Waals surface area (Å²) in [5.41, 5.74) is 7.70. The van der Waals surface area contributed by atoms with Crippen molar-refractivity contribution in [3.05, 3.63) is 64.3 Å². The molecule has 0 saturated carbocycles. The molecule has 1 aromatic carbocycles. The highest BCUT2D eigenvalue weighted by Crippen LogP contribution is 2.33. The molecule has 4 heterocycles. The molecule has 2 aromatic heterocycles. The van der Waals surface area contributed by atoms with Gasteiger partial charge in [-0.2, -0.15) is 10.1 Å². The van der Waals surface area contributed by atoms with Crippen LogP contribution in [-0.4, -0.2) is 90.5 Å². The Bertz CT molecular complexity index is 1270. The number of halogens is 2. The lowest BCUT2D eigenvalue weighted by Crippen LogP contribution is -2.43. The Morgan fingerprint density at radius 3 is 2.66 bits per heavy atom. The Hall–Kier alpha value is -3.18. The highest BCUT2D eigenvalue weighted by molar-refractivity contribution is 6.33. The van der Waals surface area contributed by atoms with Gasteiger partial charge in [0.05, 0.1) is 31.3 Å². The van der Waals surface area contributed by atoms with Gasteiger partial charge >= 0.3 is 0 Å². The van der Waals surface area contributed by atoms with Gasteiger partial charge in [-0.05, 0) is 48.9 Å². The van der Waals surface area contributed by atoms with Gasteiger partial charge in [-0.15, -0.1) is 0 Å². The van der Waals surface area contributed by atoms with Crippen molar-refractivity contribution in [3.63, 3.8) is 0 Å². The summed E-state index contributed by atoms with van der Waals surface area (Å²) in [5, 5.41) is 4.94. The Morgan fingerprint density at radius 2 is 1.89 bits per heavy atom. The number of piperazine rings is 1. The van der Waals surface area contributed by atoms with Crippen LogP contribution in [0.5, 0.6) is 0 Å². The van der Waals surface area contributed by atoms with Gasteiger partial charge in [0.25, 0.3) is 0 Å². The number of benzene rings is 1. The summed E-state index contributed by atoms with van der Waals surface area (Å²) in [5.74, 6) is -0.0324. The molecule has 2 aliphatic rings. The predicted molar refractivity (Wildman–Crippen MR) is 148 cm³/mol. The fourth-order valence-corrected chi connectivity index (χ4v) is 5.17. The third-order valence-electron chi connectivity index (χ3n) is 6.82. The zero-order chi connectivity index (χ0) is 26.5. The Labute approximate surface area is 227 Å². The number of anilines is 2. The van der Waals surface area contributed by atoms with Crippen LogP contribution in [0.3, 0.4) is 0 Å². The summed E-state index contributed by atoms with van der Waals surface area (Å²) in [7, 11) is 2.16. The number of hydrogen-bond acceptors (Lipinski definition) is 9. The van der Waals surface area contributed by atoms with Crippen LogP contribution in [-0.2, 0) is 11.3 Å². The van der Waals surface area contributed by atoms with Gasteiger partial charge in [-0.1, -0.05) is 17.7 Å². The second kappa shape index (κ2) is 12.1. The van der Waals surface area contributed by atoms with E-state index in [0.717, 1.165) is 60.6 Å². The summed E-state index contributed by atoms with van der Waals surface area (Å²) in [6, 6.07) is 8.16. The van der Waals surface area contributed by atoms with E-state index in [4.69, 9.17) is 16.3 Å². The summed E-state index contributed by atoms with van der Waals surface area (Å²) in [6.07, 6.45) is 4.46. The predicted octanol–water partition coefficient (Wildman–Crippen LogP) is 3.67. The summed E-state index contributed by atoms with van der Waals surface area (Å²) >= 11 is 6.79. The molecule has 3 aromatic rings. The van der Waals surface area contributed by atoms with E-state index in [1.165, 1.54) is 5.56 Å². The molecule has 0 amide bonds. The summed E-state index contributed by atoms with van der Waals surface area (Å²) in [6.45, 7) is 9.51. The lowest BCUT2D eigenvalue weighted by molar-refractivity contribution is 0.122. The van der Waals surface area contributed by atoms with Gasteiger partial charge in [0.15, 0.2) is 11.6 Å². The maximum Gasteiger partial charge on any atom is 0.245 e. The third-order valence-corrected chi connectivity index (χ3v) is 7.11. The maximum atomic E-state index is 14.3. The number of rotatable bonds is 7. The molecule has 0 bridgehead atoms. The maximum absolute atomic E-state index is 14.3. The van der Waals surface area contributed by atoms with Crippen LogP contribution >= 0.6 is 11.6 Å². The van der Waals surface area contributed by atoms with Crippen molar-refractivity contribution in [1.29, 1.82) is 0 Å². The van der Waals surface area contributed by atoms with Crippen LogP contribution < -0.4 is 10.3 Å². The Balaban J connectivity index is 1.27. The average molecular weight is 539 g/mol. The summed E-state index contributed by atoms with van der Waals surface area (Å²) in [4.78, 5) is 19.3. The number of ether oxygens (including phenoxy) is 1. The van der Waals surface area contributed by atoms with E-state index in [1.807, 2.05) is 17.0 Å². The monoisotopic (exact) mass is 538 g/mol. The molecule has 0 spiro atoms. The largest absolute Gasteiger partial charge is 0.378 e. The van der Waals surface area contributed by atoms with E-state index in [9.17, 15) is 4.39 Å². The van der Waals surface area contributed by atoms with Crippen LogP contribution in [0.1, 0.15) is 16.8 Å². The lowest BCUT2D eigenvalue weighted by Gasteiger charge is -2.32. The number of hydrazone groups is 1. The fourth-order valence-electron chi connectivity index (χ4n) is 4.78. The first-order valence-corrected chi connectivity index (χ1v) is 13.1. The van der Waals surface area contributed by atoms with Crippen molar-refractivity contribution in [2.45, 2.75) is 13.5 Å². The van der Waals surface area contributed by atoms with Crippen molar-refractivity contribution in [1.82, 2.24) is 24.8 Å². The Morgan fingerprint density at radius 1 is 1.11 bits per heavy atom. The van der Waals surface area contributed by atoms with Gasteiger partial charge in [0.1, 0.15) is 0 Å². The van der Waals surface area contributed by atoms with Gasteiger partial charge in [-0.25, -0.2) is 14.8 Å². The quantitative estimate of drug-likeness (QED) is 0.360. The number of aryl methyl sites for hydroxylation is 1. The second-order valence-corrected chi connectivity index (χ2v) is 10.1. The fraction of sp³-hybridized carbons (Fsp3) is 0.407. The topological polar surface area (TPSA) is 82.0 Å². The van der Waals surface area contributed by atoms with E-state index < -0.39 is 5.82 Å². The third kappa shape index (κ3) is 6.44. The average Bonchev–Trinajstić information content (AvgIpc) is 2.91. The van der Waals surface area contributed by atoms with Crippen LogP contribution in [0.25, 0.3) is 11.1 Å². The van der Waals surface area contributed by atoms with Crippen molar-refractivity contribution >= 4 is 29.6 Å². The van der Waals surface area contributed by atoms with Crippen molar-refractivity contribution < 1.29 is 9.13 Å². The van der Waals surface area contributed by atoms with Crippen LogP contribution in [0, 0.1) is 12.7 Å². The van der Waals surface area contributed by atoms with E-state index in [1.54, 1.807) is 12.4 Å². The lowest BCUT2D eigenvalue weighted by atomic mass is 9.98. The summed E-state index contributed by atoms with van der Waals surface area (Å²) < 4.78 is 19.6. The van der Waals surface area contributed by atoms with E-state index >= 15 is 0 Å². The number of nitrogens with zero attached hydrogens (tertiary/aromatic N) is 7. The minimum absolute atomic E-state index is 0.204. The normalized spacial score (nSPS) is 17.3. The van der Waals surface area contributed by atoms with E-state index in [2.05, 4.69) is 61.4 Å². The van der Waals surface area contributed by atoms with Crippen LogP contribution in [0.15, 0.2) is 41.8 Å². The molecule has 1 N–H and O–H groups in total. The zero-order valence-electron chi connectivity index (χ0n) is 21.7. The minimum atomic E-state index is -0.474. The standard InChI is InChI=1S/C27H32ClFN8O/c1-19-13-20(18-36-7-5-35(2)6-8-36)14-23(28)25(19)21-3-4-30-22(15-21)16-32-34-27-31-17-24(29)26(33-27)37-9-11-38-12-10-37/h3-4,13-17H,5-12,18H2,1-2H3,(H,31,33,34)/b32-16+. The van der Waals surface area contributed by atoms with Gasteiger partial charge in [-0.3, -0.25) is 9.88 Å². The number of aromatic nitrogens is 3. The molecule has 2 fully saturated rings. The number of nitrogens with one attached hydrogen (secondary N) is 1. The molecular weight excluding hydrogens is 507 g/mol. The molecule has 0 atom stereocenters. The SMILES string of the molecule is Cc1cc(CN2CCN(C)CC2)cc(Cl)c1-c1ccnc(/C=N/Nc2ncc(F)c(N3CCOCC3)n2)c1. The first kappa shape index (κ1) is 26.4. The molecule has 38 heavy (non-hydrogen) atoms. The van der Waals surface area contributed by atoms with Gasteiger partial charge in [0.2, 0.25) is 5.95 Å².